The van der Waals surface area contributed by atoms with Gasteiger partial charge in [0.25, 0.3) is 0 Å². The van der Waals surface area contributed by atoms with E-state index in [9.17, 15) is 0 Å². The van der Waals surface area contributed by atoms with Gasteiger partial charge in [-0.3, -0.25) is 0 Å². The Morgan fingerprint density at radius 2 is 2.60 bits per heavy atom. The van der Waals surface area contributed by atoms with Crippen LogP contribution in [0.1, 0.15) is 18.4 Å². The SMILES string of the molecule is CC1COc2c[c]ccc21. The topological polar surface area (TPSA) is 9.23 Å². The summed E-state index contributed by atoms with van der Waals surface area (Å²) in [5, 5.41) is 0. The van der Waals surface area contributed by atoms with E-state index in [2.05, 4.69) is 19.1 Å². The summed E-state index contributed by atoms with van der Waals surface area (Å²) in [6, 6.07) is 8.90. The van der Waals surface area contributed by atoms with Gasteiger partial charge in [0.2, 0.25) is 0 Å². The van der Waals surface area contributed by atoms with Crippen LogP contribution in [0.15, 0.2) is 18.2 Å². The molecule has 2 rings (SSSR count). The highest BCUT2D eigenvalue weighted by Crippen LogP contribution is 2.32. The molecule has 0 spiro atoms. The van der Waals surface area contributed by atoms with Crippen molar-refractivity contribution in [1.29, 1.82) is 0 Å². The first-order valence-corrected chi connectivity index (χ1v) is 3.51. The summed E-state index contributed by atoms with van der Waals surface area (Å²) in [4.78, 5) is 0. The smallest absolute Gasteiger partial charge is 0.123 e. The lowest BCUT2D eigenvalue weighted by atomic mass is 10.0. The molecule has 0 aliphatic carbocycles. The van der Waals surface area contributed by atoms with Crippen LogP contribution >= 0.6 is 0 Å². The monoisotopic (exact) mass is 133 g/mol. The lowest BCUT2D eigenvalue weighted by molar-refractivity contribution is 0.337. The van der Waals surface area contributed by atoms with Gasteiger partial charge >= 0.3 is 0 Å². The summed E-state index contributed by atoms with van der Waals surface area (Å²) in [6.45, 7) is 3.00. The molecule has 1 heterocycles. The van der Waals surface area contributed by atoms with E-state index in [0.717, 1.165) is 12.4 Å². The van der Waals surface area contributed by atoms with Gasteiger partial charge in [-0.05, 0) is 12.1 Å². The minimum Gasteiger partial charge on any atom is -0.493 e. The van der Waals surface area contributed by atoms with Crippen molar-refractivity contribution in [1.82, 2.24) is 0 Å². The van der Waals surface area contributed by atoms with Gasteiger partial charge in [-0.1, -0.05) is 19.1 Å². The molecule has 1 aliphatic rings. The van der Waals surface area contributed by atoms with E-state index in [1.807, 2.05) is 12.1 Å². The summed E-state index contributed by atoms with van der Waals surface area (Å²) in [5.41, 5.74) is 1.32. The van der Waals surface area contributed by atoms with Gasteiger partial charge in [0.15, 0.2) is 0 Å². The molecule has 1 radical (unpaired) electrons. The fourth-order valence-corrected chi connectivity index (χ4v) is 1.26. The Balaban J connectivity index is 2.51. The molecule has 1 aromatic rings. The molecule has 0 N–H and O–H groups in total. The van der Waals surface area contributed by atoms with Crippen molar-refractivity contribution in [3.05, 3.63) is 29.8 Å². The first-order valence-electron chi connectivity index (χ1n) is 3.51. The second-order valence-electron chi connectivity index (χ2n) is 2.68. The first-order chi connectivity index (χ1) is 4.88. The molecule has 1 nitrogen and oxygen atoms in total. The van der Waals surface area contributed by atoms with Gasteiger partial charge in [0.1, 0.15) is 5.75 Å². The Morgan fingerprint density at radius 3 is 3.40 bits per heavy atom. The van der Waals surface area contributed by atoms with Gasteiger partial charge < -0.3 is 4.74 Å². The molecule has 0 aromatic heterocycles. The van der Waals surface area contributed by atoms with Crippen molar-refractivity contribution in [2.24, 2.45) is 0 Å². The molecule has 1 aliphatic heterocycles. The molecule has 1 heteroatoms. The van der Waals surface area contributed by atoms with E-state index in [1.165, 1.54) is 5.56 Å². The molecular formula is C9H9O. The van der Waals surface area contributed by atoms with Gasteiger partial charge in [-0.2, -0.15) is 0 Å². The van der Waals surface area contributed by atoms with Crippen LogP contribution in [0.4, 0.5) is 0 Å². The van der Waals surface area contributed by atoms with Crippen LogP contribution in [0.5, 0.6) is 5.75 Å². The van der Waals surface area contributed by atoms with Crippen molar-refractivity contribution in [3.63, 3.8) is 0 Å². The third kappa shape index (κ3) is 0.703. The van der Waals surface area contributed by atoms with Crippen LogP contribution < -0.4 is 4.74 Å². The van der Waals surface area contributed by atoms with Gasteiger partial charge in [-0.15, -0.1) is 0 Å². The summed E-state index contributed by atoms with van der Waals surface area (Å²) in [6.07, 6.45) is 0. The molecular weight excluding hydrogens is 124 g/mol. The number of benzene rings is 1. The maximum absolute atomic E-state index is 5.38. The third-order valence-electron chi connectivity index (χ3n) is 1.88. The number of ether oxygens (including phenoxy) is 1. The molecule has 0 saturated carbocycles. The lowest BCUT2D eigenvalue weighted by Crippen LogP contribution is -1.93. The van der Waals surface area contributed by atoms with E-state index in [0.29, 0.717) is 5.92 Å². The Kier molecular flexibility index (Phi) is 1.16. The Morgan fingerprint density at radius 1 is 1.70 bits per heavy atom. The minimum atomic E-state index is 0.560. The van der Waals surface area contributed by atoms with Crippen LogP contribution in [0.25, 0.3) is 0 Å². The van der Waals surface area contributed by atoms with Crippen molar-refractivity contribution in [2.45, 2.75) is 12.8 Å². The molecule has 10 heavy (non-hydrogen) atoms. The first kappa shape index (κ1) is 5.78. The fourth-order valence-electron chi connectivity index (χ4n) is 1.26. The lowest BCUT2D eigenvalue weighted by Gasteiger charge is -1.96. The van der Waals surface area contributed by atoms with Crippen LogP contribution in [0, 0.1) is 6.07 Å². The van der Waals surface area contributed by atoms with E-state index in [4.69, 9.17) is 4.74 Å². The average molecular weight is 133 g/mol. The summed E-state index contributed by atoms with van der Waals surface area (Å²) in [7, 11) is 0. The summed E-state index contributed by atoms with van der Waals surface area (Å²) >= 11 is 0. The van der Waals surface area contributed by atoms with Gasteiger partial charge in [-0.25, -0.2) is 0 Å². The van der Waals surface area contributed by atoms with Crippen molar-refractivity contribution >= 4 is 0 Å². The number of hydrogen-bond donors (Lipinski definition) is 0. The minimum absolute atomic E-state index is 0.560. The Labute approximate surface area is 60.6 Å². The number of hydrogen-bond acceptors (Lipinski definition) is 1. The fraction of sp³-hybridized carbons (Fsp3) is 0.333. The van der Waals surface area contributed by atoms with E-state index in [-0.39, 0.29) is 0 Å². The van der Waals surface area contributed by atoms with Crippen LogP contribution in [-0.2, 0) is 0 Å². The Bertz CT molecular complexity index is 242. The zero-order valence-electron chi connectivity index (χ0n) is 5.92. The van der Waals surface area contributed by atoms with Crippen molar-refractivity contribution in [3.8, 4) is 5.75 Å². The summed E-state index contributed by atoms with van der Waals surface area (Å²) < 4.78 is 5.38. The van der Waals surface area contributed by atoms with Crippen molar-refractivity contribution in [2.75, 3.05) is 6.61 Å². The van der Waals surface area contributed by atoms with E-state index in [1.54, 1.807) is 0 Å². The Hall–Kier alpha value is -0.980. The van der Waals surface area contributed by atoms with Crippen LogP contribution in [0.2, 0.25) is 0 Å². The summed E-state index contributed by atoms with van der Waals surface area (Å²) in [5.74, 6) is 1.57. The molecule has 0 saturated heterocycles. The van der Waals surface area contributed by atoms with Crippen molar-refractivity contribution < 1.29 is 4.74 Å². The highest BCUT2D eigenvalue weighted by atomic mass is 16.5. The molecule has 51 valence electrons. The molecule has 0 amide bonds. The highest BCUT2D eigenvalue weighted by molar-refractivity contribution is 5.38. The average Bonchev–Trinajstić information content (AvgIpc) is 2.34. The third-order valence-corrected chi connectivity index (χ3v) is 1.88. The largest absolute Gasteiger partial charge is 0.493 e. The molecule has 0 bridgehead atoms. The molecule has 1 atom stereocenters. The van der Waals surface area contributed by atoms with Gasteiger partial charge in [0.05, 0.1) is 6.61 Å². The van der Waals surface area contributed by atoms with Crippen LogP contribution in [0.3, 0.4) is 0 Å². The van der Waals surface area contributed by atoms with Gasteiger partial charge in [0, 0.05) is 11.5 Å². The second kappa shape index (κ2) is 2.01. The number of rotatable bonds is 0. The maximum atomic E-state index is 5.38. The normalized spacial score (nSPS) is 21.9. The zero-order valence-corrected chi connectivity index (χ0v) is 5.92. The number of fused-ring (bicyclic) bond motifs is 1. The molecule has 0 fully saturated rings. The quantitative estimate of drug-likeness (QED) is 0.525. The molecule has 1 unspecified atom stereocenters. The van der Waals surface area contributed by atoms with Crippen LogP contribution in [-0.4, -0.2) is 6.61 Å². The van der Waals surface area contributed by atoms with E-state index >= 15 is 0 Å². The second-order valence-corrected chi connectivity index (χ2v) is 2.68. The molecule has 1 aromatic carbocycles. The predicted octanol–water partition coefficient (Wildman–Crippen LogP) is 1.98. The van der Waals surface area contributed by atoms with E-state index < -0.39 is 0 Å². The maximum Gasteiger partial charge on any atom is 0.123 e. The standard InChI is InChI=1S/C9H9O/c1-7-6-10-9-5-3-2-4-8(7)9/h2,4-5,7H,6H2,1H3. The predicted molar refractivity (Wildman–Crippen MR) is 39.2 cm³/mol. The highest BCUT2D eigenvalue weighted by Gasteiger charge is 2.18. The zero-order chi connectivity index (χ0) is 6.97.